The van der Waals surface area contributed by atoms with E-state index in [9.17, 15) is 0 Å². The van der Waals surface area contributed by atoms with Crippen LogP contribution in [0.2, 0.25) is 0 Å². The maximum atomic E-state index is 4.44. The Hall–Kier alpha value is -1.12. The molecule has 0 aliphatic rings. The summed E-state index contributed by atoms with van der Waals surface area (Å²) >= 11 is 0. The van der Waals surface area contributed by atoms with Crippen molar-refractivity contribution in [3.8, 4) is 0 Å². The zero-order valence-corrected chi connectivity index (χ0v) is 8.07. The molecular weight excluding hydrogens is 150 g/mol. The number of hydrogen-bond acceptors (Lipinski definition) is 3. The van der Waals surface area contributed by atoms with Crippen LogP contribution in [0.1, 0.15) is 25.5 Å². The van der Waals surface area contributed by atoms with Crippen LogP contribution in [0.3, 0.4) is 0 Å². The van der Waals surface area contributed by atoms with Crippen molar-refractivity contribution in [3.63, 3.8) is 0 Å². The van der Waals surface area contributed by atoms with Crippen molar-refractivity contribution in [2.45, 2.75) is 19.8 Å². The van der Waals surface area contributed by atoms with Crippen LogP contribution < -0.4 is 4.90 Å². The molecule has 66 valence electrons. The largest absolute Gasteiger partial charge is 0.361 e. The van der Waals surface area contributed by atoms with E-state index in [0.717, 1.165) is 11.5 Å². The minimum absolute atomic E-state index is 0.442. The molecular formula is C9H15N3. The summed E-state index contributed by atoms with van der Waals surface area (Å²) in [7, 11) is 3.93. The second-order valence-electron chi connectivity index (χ2n) is 3.35. The predicted octanol–water partition coefficient (Wildman–Crippen LogP) is 1.67. The van der Waals surface area contributed by atoms with Crippen LogP contribution in [-0.2, 0) is 0 Å². The van der Waals surface area contributed by atoms with Gasteiger partial charge in [-0.1, -0.05) is 13.8 Å². The number of nitrogens with zero attached hydrogens (tertiary/aromatic N) is 3. The molecule has 12 heavy (non-hydrogen) atoms. The van der Waals surface area contributed by atoms with E-state index in [2.05, 4.69) is 23.8 Å². The highest BCUT2D eigenvalue weighted by Gasteiger charge is 2.03. The minimum Gasteiger partial charge on any atom is -0.361 e. The average molecular weight is 165 g/mol. The molecule has 1 rings (SSSR count). The van der Waals surface area contributed by atoms with Gasteiger partial charge in [0.05, 0.1) is 11.9 Å². The topological polar surface area (TPSA) is 29.0 Å². The first kappa shape index (κ1) is 8.97. The van der Waals surface area contributed by atoms with Crippen molar-refractivity contribution in [2.75, 3.05) is 19.0 Å². The standard InChI is InChI=1S/C9H15N3/c1-7(2)8-5-10-6-9(11-8)12(3)4/h5-7H,1-4H3. The highest BCUT2D eigenvalue weighted by molar-refractivity contribution is 5.33. The van der Waals surface area contributed by atoms with Crippen molar-refractivity contribution in [1.82, 2.24) is 9.97 Å². The van der Waals surface area contributed by atoms with Crippen LogP contribution in [0.25, 0.3) is 0 Å². The van der Waals surface area contributed by atoms with Crippen LogP contribution in [0.4, 0.5) is 5.82 Å². The van der Waals surface area contributed by atoms with Crippen molar-refractivity contribution in [2.24, 2.45) is 0 Å². The first-order chi connectivity index (χ1) is 5.61. The van der Waals surface area contributed by atoms with Crippen LogP contribution >= 0.6 is 0 Å². The number of rotatable bonds is 2. The molecule has 0 saturated heterocycles. The van der Waals surface area contributed by atoms with E-state index in [1.807, 2.05) is 25.2 Å². The van der Waals surface area contributed by atoms with E-state index in [1.54, 1.807) is 6.20 Å². The van der Waals surface area contributed by atoms with Crippen LogP contribution in [0.5, 0.6) is 0 Å². The van der Waals surface area contributed by atoms with Crippen molar-refractivity contribution >= 4 is 5.82 Å². The molecule has 0 aliphatic carbocycles. The van der Waals surface area contributed by atoms with Crippen molar-refractivity contribution < 1.29 is 0 Å². The Morgan fingerprint density at radius 3 is 2.42 bits per heavy atom. The monoisotopic (exact) mass is 165 g/mol. The lowest BCUT2D eigenvalue weighted by Crippen LogP contribution is -2.12. The van der Waals surface area contributed by atoms with Gasteiger partial charge in [0, 0.05) is 20.3 Å². The van der Waals surface area contributed by atoms with E-state index in [1.165, 1.54) is 0 Å². The van der Waals surface area contributed by atoms with Crippen LogP contribution in [0.15, 0.2) is 12.4 Å². The Kier molecular flexibility index (Phi) is 2.63. The van der Waals surface area contributed by atoms with Gasteiger partial charge in [-0.3, -0.25) is 4.98 Å². The third-order valence-corrected chi connectivity index (χ3v) is 1.69. The van der Waals surface area contributed by atoms with E-state index in [-0.39, 0.29) is 0 Å². The summed E-state index contributed by atoms with van der Waals surface area (Å²) in [5.74, 6) is 1.36. The second-order valence-corrected chi connectivity index (χ2v) is 3.35. The SMILES string of the molecule is CC(C)c1cncc(N(C)C)n1. The molecule has 1 aromatic rings. The van der Waals surface area contributed by atoms with Gasteiger partial charge in [0.25, 0.3) is 0 Å². The molecule has 0 aliphatic heterocycles. The number of hydrogen-bond donors (Lipinski definition) is 0. The Labute approximate surface area is 73.5 Å². The lowest BCUT2D eigenvalue weighted by atomic mass is 10.1. The first-order valence-corrected chi connectivity index (χ1v) is 4.10. The summed E-state index contributed by atoms with van der Waals surface area (Å²) in [5.41, 5.74) is 1.04. The van der Waals surface area contributed by atoms with Crippen molar-refractivity contribution in [3.05, 3.63) is 18.1 Å². The molecule has 0 amide bonds. The lowest BCUT2D eigenvalue weighted by molar-refractivity contribution is 0.806. The zero-order valence-electron chi connectivity index (χ0n) is 8.07. The highest BCUT2D eigenvalue weighted by Crippen LogP contribution is 2.13. The third-order valence-electron chi connectivity index (χ3n) is 1.69. The average Bonchev–Trinajstić information content (AvgIpc) is 2.04. The van der Waals surface area contributed by atoms with Crippen LogP contribution in [0, 0.1) is 0 Å². The second kappa shape index (κ2) is 3.52. The van der Waals surface area contributed by atoms with Gasteiger partial charge in [0.2, 0.25) is 0 Å². The molecule has 1 aromatic heterocycles. The summed E-state index contributed by atoms with van der Waals surface area (Å²) in [5, 5.41) is 0. The molecule has 0 atom stereocenters. The third kappa shape index (κ3) is 1.94. The molecule has 1 heterocycles. The Morgan fingerprint density at radius 2 is 1.92 bits per heavy atom. The summed E-state index contributed by atoms with van der Waals surface area (Å²) in [6.45, 7) is 4.23. The van der Waals surface area contributed by atoms with Gasteiger partial charge in [0.1, 0.15) is 5.82 Å². The summed E-state index contributed by atoms with van der Waals surface area (Å²) in [4.78, 5) is 10.5. The smallest absolute Gasteiger partial charge is 0.146 e. The fourth-order valence-corrected chi connectivity index (χ4v) is 0.864. The molecule has 0 radical (unpaired) electrons. The normalized spacial score (nSPS) is 10.4. The molecule has 0 bridgehead atoms. The molecule has 3 heteroatoms. The van der Waals surface area contributed by atoms with Gasteiger partial charge in [-0.2, -0.15) is 0 Å². The van der Waals surface area contributed by atoms with Crippen LogP contribution in [-0.4, -0.2) is 24.1 Å². The summed E-state index contributed by atoms with van der Waals surface area (Å²) in [6.07, 6.45) is 3.59. The number of anilines is 1. The van der Waals surface area contributed by atoms with Gasteiger partial charge in [-0.15, -0.1) is 0 Å². The molecule has 0 N–H and O–H groups in total. The highest BCUT2D eigenvalue weighted by atomic mass is 15.1. The van der Waals surface area contributed by atoms with Gasteiger partial charge in [-0.05, 0) is 5.92 Å². The summed E-state index contributed by atoms with van der Waals surface area (Å²) in [6, 6.07) is 0. The fraction of sp³-hybridized carbons (Fsp3) is 0.556. The molecule has 0 unspecified atom stereocenters. The molecule has 0 aromatic carbocycles. The quantitative estimate of drug-likeness (QED) is 0.667. The zero-order chi connectivity index (χ0) is 9.14. The summed E-state index contributed by atoms with van der Waals surface area (Å²) < 4.78 is 0. The van der Waals surface area contributed by atoms with E-state index < -0.39 is 0 Å². The Balaban J connectivity index is 2.96. The fourth-order valence-electron chi connectivity index (χ4n) is 0.864. The van der Waals surface area contributed by atoms with E-state index in [0.29, 0.717) is 5.92 Å². The first-order valence-electron chi connectivity index (χ1n) is 4.10. The minimum atomic E-state index is 0.442. The number of aromatic nitrogens is 2. The predicted molar refractivity (Wildman–Crippen MR) is 50.4 cm³/mol. The molecule has 0 saturated carbocycles. The van der Waals surface area contributed by atoms with E-state index >= 15 is 0 Å². The van der Waals surface area contributed by atoms with Gasteiger partial charge < -0.3 is 4.90 Å². The van der Waals surface area contributed by atoms with E-state index in [4.69, 9.17) is 0 Å². The molecule has 0 fully saturated rings. The van der Waals surface area contributed by atoms with Crippen molar-refractivity contribution in [1.29, 1.82) is 0 Å². The van der Waals surface area contributed by atoms with Gasteiger partial charge >= 0.3 is 0 Å². The maximum absolute atomic E-state index is 4.44. The Bertz CT molecular complexity index is 232. The van der Waals surface area contributed by atoms with Gasteiger partial charge in [-0.25, -0.2) is 4.98 Å². The van der Waals surface area contributed by atoms with Gasteiger partial charge in [0.15, 0.2) is 0 Å². The molecule has 3 nitrogen and oxygen atoms in total. The Morgan fingerprint density at radius 1 is 1.25 bits per heavy atom. The lowest BCUT2D eigenvalue weighted by Gasteiger charge is -2.12. The maximum Gasteiger partial charge on any atom is 0.146 e. The molecule has 0 spiro atoms.